The highest BCUT2D eigenvalue weighted by Gasteiger charge is 2.39. The molecule has 0 spiro atoms. The van der Waals surface area contributed by atoms with E-state index in [0.717, 1.165) is 6.42 Å². The molecule has 104 valence electrons. The van der Waals surface area contributed by atoms with Gasteiger partial charge in [-0.15, -0.1) is 0 Å². The molecule has 1 aliphatic carbocycles. The molecule has 2 unspecified atom stereocenters. The predicted octanol–water partition coefficient (Wildman–Crippen LogP) is 1.37. The van der Waals surface area contributed by atoms with Crippen LogP contribution in [0.5, 0.6) is 0 Å². The number of aliphatic carboxylic acids is 1. The van der Waals surface area contributed by atoms with Crippen LogP contribution in [0.1, 0.15) is 33.1 Å². The molecule has 0 radical (unpaired) electrons. The third kappa shape index (κ3) is 3.70. The molecule has 5 heteroatoms. The van der Waals surface area contributed by atoms with Gasteiger partial charge in [0.25, 0.3) is 0 Å². The van der Waals surface area contributed by atoms with E-state index in [9.17, 15) is 9.59 Å². The number of hydrogen-bond acceptors (Lipinski definition) is 3. The summed E-state index contributed by atoms with van der Waals surface area (Å²) in [7, 11) is 0. The highest BCUT2D eigenvalue weighted by atomic mass is 16.5. The Hall–Kier alpha value is -1.10. The number of carboxylic acids is 1. The SMILES string of the molecule is CCOCCN(CC)C(=O)C1CCCC1C(=O)O. The largest absolute Gasteiger partial charge is 0.481 e. The average molecular weight is 257 g/mol. The Balaban J connectivity index is 2.57. The van der Waals surface area contributed by atoms with Gasteiger partial charge in [-0.1, -0.05) is 6.42 Å². The van der Waals surface area contributed by atoms with Crippen molar-refractivity contribution in [2.75, 3.05) is 26.3 Å². The van der Waals surface area contributed by atoms with Crippen molar-refractivity contribution in [3.63, 3.8) is 0 Å². The van der Waals surface area contributed by atoms with Crippen LogP contribution in [0, 0.1) is 11.8 Å². The molecule has 1 aliphatic rings. The number of carboxylic acid groups (broad SMARTS) is 1. The molecule has 0 aromatic carbocycles. The van der Waals surface area contributed by atoms with Crippen LogP contribution in [-0.2, 0) is 14.3 Å². The van der Waals surface area contributed by atoms with E-state index in [1.54, 1.807) is 4.90 Å². The van der Waals surface area contributed by atoms with Gasteiger partial charge in [0.1, 0.15) is 0 Å². The van der Waals surface area contributed by atoms with Crippen LogP contribution < -0.4 is 0 Å². The fourth-order valence-corrected chi connectivity index (χ4v) is 2.53. The van der Waals surface area contributed by atoms with Crippen molar-refractivity contribution in [2.24, 2.45) is 11.8 Å². The third-order valence-corrected chi connectivity index (χ3v) is 3.55. The zero-order valence-corrected chi connectivity index (χ0v) is 11.2. The van der Waals surface area contributed by atoms with Crippen molar-refractivity contribution in [1.29, 1.82) is 0 Å². The van der Waals surface area contributed by atoms with Crippen LogP contribution in [0.4, 0.5) is 0 Å². The molecule has 1 N–H and O–H groups in total. The maximum absolute atomic E-state index is 12.3. The second-order valence-corrected chi connectivity index (χ2v) is 4.60. The van der Waals surface area contributed by atoms with Gasteiger partial charge in [-0.3, -0.25) is 9.59 Å². The maximum Gasteiger partial charge on any atom is 0.307 e. The monoisotopic (exact) mass is 257 g/mol. The minimum atomic E-state index is -0.841. The minimum Gasteiger partial charge on any atom is -0.481 e. The van der Waals surface area contributed by atoms with Gasteiger partial charge in [0.15, 0.2) is 0 Å². The van der Waals surface area contributed by atoms with Crippen LogP contribution in [-0.4, -0.2) is 48.2 Å². The summed E-state index contributed by atoms with van der Waals surface area (Å²) in [6.45, 7) is 6.12. The zero-order valence-electron chi connectivity index (χ0n) is 11.2. The Morgan fingerprint density at radius 2 is 1.94 bits per heavy atom. The van der Waals surface area contributed by atoms with Crippen molar-refractivity contribution in [3.8, 4) is 0 Å². The first kappa shape index (κ1) is 15.0. The topological polar surface area (TPSA) is 66.8 Å². The van der Waals surface area contributed by atoms with Gasteiger partial charge < -0.3 is 14.7 Å². The van der Waals surface area contributed by atoms with Crippen LogP contribution >= 0.6 is 0 Å². The lowest BCUT2D eigenvalue weighted by atomic mass is 9.95. The van der Waals surface area contributed by atoms with Gasteiger partial charge in [-0.2, -0.15) is 0 Å². The standard InChI is InChI=1S/C13H23NO4/c1-3-14(8-9-18-4-2)12(15)10-6-5-7-11(10)13(16)17/h10-11H,3-9H2,1-2H3,(H,16,17). The summed E-state index contributed by atoms with van der Waals surface area (Å²) in [5, 5.41) is 9.11. The van der Waals surface area contributed by atoms with E-state index in [1.165, 1.54) is 0 Å². The lowest BCUT2D eigenvalue weighted by molar-refractivity contribution is -0.149. The summed E-state index contributed by atoms with van der Waals surface area (Å²) in [6.07, 6.45) is 2.14. The van der Waals surface area contributed by atoms with Crippen molar-refractivity contribution >= 4 is 11.9 Å². The molecule has 0 aliphatic heterocycles. The molecule has 1 rings (SSSR count). The highest BCUT2D eigenvalue weighted by molar-refractivity contribution is 5.85. The molecular formula is C13H23NO4. The van der Waals surface area contributed by atoms with Gasteiger partial charge in [0.05, 0.1) is 18.4 Å². The number of ether oxygens (including phenoxy) is 1. The molecule has 0 aromatic rings. The zero-order chi connectivity index (χ0) is 13.5. The lowest BCUT2D eigenvalue weighted by Gasteiger charge is -2.26. The first-order valence-corrected chi connectivity index (χ1v) is 6.71. The van der Waals surface area contributed by atoms with Crippen molar-refractivity contribution < 1.29 is 19.4 Å². The first-order valence-electron chi connectivity index (χ1n) is 6.71. The second-order valence-electron chi connectivity index (χ2n) is 4.60. The number of rotatable bonds is 7. The van der Waals surface area contributed by atoms with Crippen LogP contribution in [0.15, 0.2) is 0 Å². The Morgan fingerprint density at radius 3 is 2.50 bits per heavy atom. The van der Waals surface area contributed by atoms with E-state index in [0.29, 0.717) is 39.1 Å². The molecule has 0 saturated heterocycles. The Bertz CT molecular complexity index is 293. The van der Waals surface area contributed by atoms with Gasteiger partial charge in [0.2, 0.25) is 5.91 Å². The number of amides is 1. The van der Waals surface area contributed by atoms with Crippen LogP contribution in [0.2, 0.25) is 0 Å². The quantitative estimate of drug-likeness (QED) is 0.700. The third-order valence-electron chi connectivity index (χ3n) is 3.55. The number of hydrogen-bond donors (Lipinski definition) is 1. The number of carbonyl (C=O) groups excluding carboxylic acids is 1. The fourth-order valence-electron chi connectivity index (χ4n) is 2.53. The van der Waals surface area contributed by atoms with Crippen molar-refractivity contribution in [2.45, 2.75) is 33.1 Å². The average Bonchev–Trinajstić information content (AvgIpc) is 2.83. The van der Waals surface area contributed by atoms with E-state index < -0.39 is 11.9 Å². The number of likely N-dealkylation sites (N-methyl/N-ethyl adjacent to an activating group) is 1. The summed E-state index contributed by atoms with van der Waals surface area (Å²) in [6, 6.07) is 0. The first-order chi connectivity index (χ1) is 8.61. The van der Waals surface area contributed by atoms with Gasteiger partial charge in [-0.25, -0.2) is 0 Å². The number of nitrogens with zero attached hydrogens (tertiary/aromatic N) is 1. The fraction of sp³-hybridized carbons (Fsp3) is 0.846. The summed E-state index contributed by atoms with van der Waals surface area (Å²) in [5.74, 6) is -1.71. The molecule has 0 heterocycles. The number of carbonyl (C=O) groups is 2. The van der Waals surface area contributed by atoms with Gasteiger partial charge in [-0.05, 0) is 26.7 Å². The van der Waals surface area contributed by atoms with E-state index in [1.807, 2.05) is 13.8 Å². The minimum absolute atomic E-state index is 0.0258. The molecule has 18 heavy (non-hydrogen) atoms. The molecule has 1 saturated carbocycles. The van der Waals surface area contributed by atoms with Gasteiger partial charge in [0, 0.05) is 19.7 Å². The second kappa shape index (κ2) is 7.36. The Labute approximate surface area is 108 Å². The van der Waals surface area contributed by atoms with Gasteiger partial charge >= 0.3 is 5.97 Å². The molecule has 5 nitrogen and oxygen atoms in total. The Morgan fingerprint density at radius 1 is 1.28 bits per heavy atom. The molecule has 0 bridgehead atoms. The normalized spacial score (nSPS) is 23.0. The predicted molar refractivity (Wildman–Crippen MR) is 67.2 cm³/mol. The van der Waals surface area contributed by atoms with Crippen LogP contribution in [0.3, 0.4) is 0 Å². The summed E-state index contributed by atoms with van der Waals surface area (Å²) >= 11 is 0. The maximum atomic E-state index is 12.3. The molecule has 0 aromatic heterocycles. The molecule has 2 atom stereocenters. The van der Waals surface area contributed by atoms with Crippen molar-refractivity contribution in [3.05, 3.63) is 0 Å². The van der Waals surface area contributed by atoms with Crippen molar-refractivity contribution in [1.82, 2.24) is 4.90 Å². The summed E-state index contributed by atoms with van der Waals surface area (Å²) in [5.41, 5.74) is 0. The Kier molecular flexibility index (Phi) is 6.12. The van der Waals surface area contributed by atoms with Crippen LogP contribution in [0.25, 0.3) is 0 Å². The molecule has 1 fully saturated rings. The van der Waals surface area contributed by atoms with E-state index in [4.69, 9.17) is 9.84 Å². The summed E-state index contributed by atoms with van der Waals surface area (Å²) < 4.78 is 5.24. The highest BCUT2D eigenvalue weighted by Crippen LogP contribution is 2.33. The summed E-state index contributed by atoms with van der Waals surface area (Å²) in [4.78, 5) is 25.1. The smallest absolute Gasteiger partial charge is 0.307 e. The van der Waals surface area contributed by atoms with E-state index in [2.05, 4.69) is 0 Å². The molecule has 1 amide bonds. The molecular weight excluding hydrogens is 234 g/mol. The van der Waals surface area contributed by atoms with E-state index >= 15 is 0 Å². The lowest BCUT2D eigenvalue weighted by Crippen LogP contribution is -2.40. The van der Waals surface area contributed by atoms with E-state index in [-0.39, 0.29) is 11.8 Å².